The number of morpholine rings is 1. The number of aliphatic hydroxyl groups excluding tert-OH is 1. The van der Waals surface area contributed by atoms with Crippen molar-refractivity contribution in [3.05, 3.63) is 24.3 Å². The highest BCUT2D eigenvalue weighted by atomic mass is 16.5. The summed E-state index contributed by atoms with van der Waals surface area (Å²) in [5.41, 5.74) is -3.54. The number of ether oxygens (including phenoxy) is 2. The Kier molecular flexibility index (Phi) is 9.25. The van der Waals surface area contributed by atoms with Crippen molar-refractivity contribution in [2.45, 2.75) is 50.7 Å². The van der Waals surface area contributed by atoms with Gasteiger partial charge in [-0.3, -0.25) is 14.6 Å². The molecule has 0 bridgehead atoms. The maximum atomic E-state index is 13.3. The van der Waals surface area contributed by atoms with Crippen LogP contribution < -0.4 is 9.64 Å². The third-order valence-corrected chi connectivity index (χ3v) is 6.59. The molecule has 2 unspecified atom stereocenters. The van der Waals surface area contributed by atoms with Gasteiger partial charge in [-0.1, -0.05) is 0 Å². The first kappa shape index (κ1) is 27.8. The van der Waals surface area contributed by atoms with Crippen LogP contribution in [0.4, 0.5) is 5.69 Å². The van der Waals surface area contributed by atoms with E-state index in [4.69, 9.17) is 9.47 Å². The molecule has 0 aliphatic carbocycles. The normalized spacial score (nSPS) is 20.5. The molecule has 2 saturated heterocycles. The van der Waals surface area contributed by atoms with Gasteiger partial charge in [0.05, 0.1) is 19.8 Å². The van der Waals surface area contributed by atoms with Gasteiger partial charge in [0, 0.05) is 37.9 Å². The number of carbonyl (C=O) groups is 3. The van der Waals surface area contributed by atoms with Crippen LogP contribution in [0, 0.1) is 0 Å². The predicted molar refractivity (Wildman–Crippen MR) is 128 cm³/mol. The Bertz CT molecular complexity index is 912. The third-order valence-electron chi connectivity index (χ3n) is 6.59. The fourth-order valence-corrected chi connectivity index (χ4v) is 4.44. The first-order valence-electron chi connectivity index (χ1n) is 12.0. The monoisotopic (exact) mass is 509 g/mol. The number of nitrogens with zero attached hydrogens (tertiary/aromatic N) is 3. The number of amides is 1. The summed E-state index contributed by atoms with van der Waals surface area (Å²) in [7, 11) is 0. The van der Waals surface area contributed by atoms with Crippen molar-refractivity contribution in [3.63, 3.8) is 0 Å². The van der Waals surface area contributed by atoms with Gasteiger partial charge in [0.1, 0.15) is 11.9 Å². The molecule has 3 rings (SSSR count). The summed E-state index contributed by atoms with van der Waals surface area (Å²) in [6.45, 7) is 7.33. The molecule has 12 heteroatoms. The highest BCUT2D eigenvalue weighted by molar-refractivity contribution is 6.04. The molecular weight excluding hydrogens is 474 g/mol. The van der Waals surface area contributed by atoms with Gasteiger partial charge >= 0.3 is 11.9 Å². The van der Waals surface area contributed by atoms with E-state index in [2.05, 4.69) is 18.7 Å². The maximum absolute atomic E-state index is 13.3. The number of hydrogen-bond acceptors (Lipinski definition) is 9. The zero-order valence-electron chi connectivity index (χ0n) is 20.6. The number of aliphatic carboxylic acids is 2. The van der Waals surface area contributed by atoms with Gasteiger partial charge in [-0.25, -0.2) is 9.59 Å². The van der Waals surface area contributed by atoms with Crippen molar-refractivity contribution in [1.29, 1.82) is 0 Å². The van der Waals surface area contributed by atoms with E-state index in [0.29, 0.717) is 43.0 Å². The lowest BCUT2D eigenvalue weighted by atomic mass is 10.0. The van der Waals surface area contributed by atoms with Gasteiger partial charge < -0.3 is 34.8 Å². The summed E-state index contributed by atoms with van der Waals surface area (Å²) in [6, 6.07) is 6.22. The Morgan fingerprint density at radius 1 is 1.08 bits per heavy atom. The number of anilines is 1. The van der Waals surface area contributed by atoms with Crippen LogP contribution in [-0.4, -0.2) is 118 Å². The molecule has 2 atom stereocenters. The molecule has 36 heavy (non-hydrogen) atoms. The summed E-state index contributed by atoms with van der Waals surface area (Å²) < 4.78 is 11.3. The summed E-state index contributed by atoms with van der Waals surface area (Å²) in [4.78, 5) is 41.3. The molecule has 1 amide bonds. The molecule has 2 aliphatic heterocycles. The van der Waals surface area contributed by atoms with Crippen molar-refractivity contribution in [1.82, 2.24) is 9.80 Å². The first-order valence-corrected chi connectivity index (χ1v) is 12.0. The minimum absolute atomic E-state index is 0.00492. The van der Waals surface area contributed by atoms with E-state index < -0.39 is 29.7 Å². The van der Waals surface area contributed by atoms with Gasteiger partial charge in [-0.15, -0.1) is 0 Å². The standard InChI is InChI=1S/C24H35N3O9/c1-16(2)26-9-7-19(8-10-26)36-18-5-3-17(4-6-18)27(20(28)15-25-11-13-35-14-12-25)24(34,23(32)33)21(29)22(30)31/h3-6,16,19,21,29,34H,7-15H2,1-2H3,(H,30,31)(H,32,33). The number of hydrogen-bond donors (Lipinski definition) is 4. The zero-order chi connectivity index (χ0) is 26.5. The average molecular weight is 510 g/mol. The van der Waals surface area contributed by atoms with Crippen LogP contribution >= 0.6 is 0 Å². The zero-order valence-corrected chi connectivity index (χ0v) is 20.6. The van der Waals surface area contributed by atoms with Crippen molar-refractivity contribution < 1.29 is 44.3 Å². The Morgan fingerprint density at radius 2 is 1.67 bits per heavy atom. The first-order chi connectivity index (χ1) is 17.0. The van der Waals surface area contributed by atoms with Crippen molar-refractivity contribution in [2.24, 2.45) is 0 Å². The number of piperidine rings is 1. The second kappa shape index (κ2) is 12.0. The van der Waals surface area contributed by atoms with E-state index in [1.807, 2.05) is 0 Å². The van der Waals surface area contributed by atoms with Gasteiger partial charge in [0.25, 0.3) is 5.72 Å². The number of carbonyl (C=O) groups excluding carboxylic acids is 1. The number of aliphatic hydroxyl groups is 2. The van der Waals surface area contributed by atoms with E-state index in [1.165, 1.54) is 24.3 Å². The van der Waals surface area contributed by atoms with Gasteiger partial charge in [-0.05, 0) is 51.0 Å². The molecule has 2 fully saturated rings. The molecule has 2 aliphatic rings. The SMILES string of the molecule is CC(C)N1CCC(Oc2ccc(N(C(=O)CN3CCOCC3)C(O)(C(=O)O)C(O)C(=O)O)cc2)CC1. The fourth-order valence-electron chi connectivity index (χ4n) is 4.44. The van der Waals surface area contributed by atoms with E-state index in [0.717, 1.165) is 25.9 Å². The second-order valence-electron chi connectivity index (χ2n) is 9.33. The number of rotatable bonds is 10. The Morgan fingerprint density at radius 3 is 2.17 bits per heavy atom. The summed E-state index contributed by atoms with van der Waals surface area (Å²) in [5.74, 6) is -4.47. The van der Waals surface area contributed by atoms with Crippen LogP contribution in [0.2, 0.25) is 0 Å². The molecular formula is C24H35N3O9. The van der Waals surface area contributed by atoms with Crippen LogP contribution in [0.5, 0.6) is 5.75 Å². The molecule has 1 aromatic rings. The minimum atomic E-state index is -3.44. The number of carboxylic acid groups (broad SMARTS) is 2. The molecule has 4 N–H and O–H groups in total. The van der Waals surface area contributed by atoms with E-state index >= 15 is 0 Å². The van der Waals surface area contributed by atoms with Crippen LogP contribution in [0.3, 0.4) is 0 Å². The summed E-state index contributed by atoms with van der Waals surface area (Å²) >= 11 is 0. The number of benzene rings is 1. The average Bonchev–Trinajstić information content (AvgIpc) is 2.85. The molecule has 0 aromatic heterocycles. The highest BCUT2D eigenvalue weighted by Gasteiger charge is 2.55. The molecule has 0 saturated carbocycles. The van der Waals surface area contributed by atoms with Crippen LogP contribution in [0.25, 0.3) is 0 Å². The van der Waals surface area contributed by atoms with Crippen molar-refractivity contribution in [3.8, 4) is 5.75 Å². The smallest absolute Gasteiger partial charge is 0.361 e. The topological polar surface area (TPSA) is 160 Å². The molecule has 0 spiro atoms. The van der Waals surface area contributed by atoms with E-state index in [1.54, 1.807) is 4.90 Å². The van der Waals surface area contributed by atoms with Gasteiger partial charge in [0.15, 0.2) is 0 Å². The van der Waals surface area contributed by atoms with Gasteiger partial charge in [0.2, 0.25) is 12.0 Å². The summed E-state index contributed by atoms with van der Waals surface area (Å²) in [6.07, 6.45) is -1.12. The highest BCUT2D eigenvalue weighted by Crippen LogP contribution is 2.30. The largest absolute Gasteiger partial charge is 0.490 e. The lowest BCUT2D eigenvalue weighted by molar-refractivity contribution is -0.184. The van der Waals surface area contributed by atoms with Crippen molar-refractivity contribution in [2.75, 3.05) is 50.8 Å². The van der Waals surface area contributed by atoms with Crippen LogP contribution in [-0.2, 0) is 19.1 Å². The molecule has 1 aromatic carbocycles. The minimum Gasteiger partial charge on any atom is -0.490 e. The maximum Gasteiger partial charge on any atom is 0.361 e. The van der Waals surface area contributed by atoms with E-state index in [-0.39, 0.29) is 18.3 Å². The lowest BCUT2D eigenvalue weighted by Crippen LogP contribution is -2.67. The molecule has 2 heterocycles. The third kappa shape index (κ3) is 6.31. The Balaban J connectivity index is 1.83. The van der Waals surface area contributed by atoms with Gasteiger partial charge in [-0.2, -0.15) is 0 Å². The predicted octanol–water partition coefficient (Wildman–Crippen LogP) is -0.178. The van der Waals surface area contributed by atoms with E-state index in [9.17, 15) is 34.8 Å². The lowest BCUT2D eigenvalue weighted by Gasteiger charge is -2.39. The number of carboxylic acids is 2. The quantitative estimate of drug-likeness (QED) is 0.310. The molecule has 0 radical (unpaired) electrons. The van der Waals surface area contributed by atoms with Crippen LogP contribution in [0.1, 0.15) is 26.7 Å². The Labute approximate surface area is 209 Å². The van der Waals surface area contributed by atoms with Crippen molar-refractivity contribution >= 4 is 23.5 Å². The summed E-state index contributed by atoms with van der Waals surface area (Å²) in [5, 5.41) is 40.1. The second-order valence-corrected chi connectivity index (χ2v) is 9.33. The Hall–Kier alpha value is -2.77. The fraction of sp³-hybridized carbons (Fsp3) is 0.625. The molecule has 200 valence electrons. The number of likely N-dealkylation sites (tertiary alicyclic amines) is 1. The van der Waals surface area contributed by atoms with Crippen LogP contribution in [0.15, 0.2) is 24.3 Å². The molecule has 12 nitrogen and oxygen atoms in total.